The Balaban J connectivity index is 1.59. The van der Waals surface area contributed by atoms with Crippen molar-refractivity contribution in [2.24, 2.45) is 11.8 Å². The van der Waals surface area contributed by atoms with Gasteiger partial charge < -0.3 is 10.2 Å². The van der Waals surface area contributed by atoms with Crippen LogP contribution in [0.2, 0.25) is 0 Å². The average molecular weight is 230 g/mol. The molecule has 0 spiro atoms. The van der Waals surface area contributed by atoms with Gasteiger partial charge in [0.15, 0.2) is 0 Å². The molecule has 1 saturated heterocycles. The van der Waals surface area contributed by atoms with Crippen molar-refractivity contribution in [1.82, 2.24) is 4.90 Å². The molecule has 1 N–H and O–H groups in total. The van der Waals surface area contributed by atoms with Crippen LogP contribution in [0.4, 0.5) is 5.69 Å². The highest BCUT2D eigenvalue weighted by Crippen LogP contribution is 2.28. The summed E-state index contributed by atoms with van der Waals surface area (Å²) in [6, 6.07) is 9.32. The van der Waals surface area contributed by atoms with Gasteiger partial charge in [-0.1, -0.05) is 32.0 Å². The van der Waals surface area contributed by atoms with E-state index >= 15 is 0 Å². The normalized spacial score (nSPS) is 32.5. The Hall–Kier alpha value is -1.02. The molecule has 0 radical (unpaired) electrons. The molecule has 0 bridgehead atoms. The summed E-state index contributed by atoms with van der Waals surface area (Å²) >= 11 is 0. The van der Waals surface area contributed by atoms with Crippen molar-refractivity contribution in [3.63, 3.8) is 0 Å². The Bertz CT molecular complexity index is 367. The molecular weight excluding hydrogens is 208 g/mol. The van der Waals surface area contributed by atoms with E-state index in [1.165, 1.54) is 37.3 Å². The van der Waals surface area contributed by atoms with Gasteiger partial charge in [0.1, 0.15) is 0 Å². The first kappa shape index (κ1) is 11.1. The van der Waals surface area contributed by atoms with Crippen molar-refractivity contribution in [3.8, 4) is 0 Å². The maximum absolute atomic E-state index is 3.65. The molecule has 2 nitrogen and oxygen atoms in total. The van der Waals surface area contributed by atoms with Gasteiger partial charge in [-0.3, -0.25) is 0 Å². The third-order valence-corrected chi connectivity index (χ3v) is 4.39. The van der Waals surface area contributed by atoms with Crippen LogP contribution in [0.1, 0.15) is 19.4 Å². The van der Waals surface area contributed by atoms with E-state index in [1.54, 1.807) is 0 Å². The number of likely N-dealkylation sites (tertiary alicyclic amines) is 1. The number of nitrogens with one attached hydrogen (secondary N) is 1. The number of para-hydroxylation sites is 1. The maximum Gasteiger partial charge on any atom is 0.0429 e. The van der Waals surface area contributed by atoms with Gasteiger partial charge in [-0.05, 0) is 29.9 Å². The van der Waals surface area contributed by atoms with Crippen molar-refractivity contribution < 1.29 is 0 Å². The van der Waals surface area contributed by atoms with Crippen molar-refractivity contribution in [2.75, 3.05) is 25.0 Å². The Kier molecular flexibility index (Phi) is 2.83. The van der Waals surface area contributed by atoms with Gasteiger partial charge in [0.05, 0.1) is 0 Å². The first-order valence-corrected chi connectivity index (χ1v) is 6.79. The summed E-state index contributed by atoms with van der Waals surface area (Å²) in [6.07, 6.45) is 1.19. The van der Waals surface area contributed by atoms with E-state index in [-0.39, 0.29) is 0 Å². The van der Waals surface area contributed by atoms with Gasteiger partial charge in [0.25, 0.3) is 0 Å². The predicted octanol–water partition coefficient (Wildman–Crippen LogP) is 2.61. The van der Waals surface area contributed by atoms with Gasteiger partial charge in [0.2, 0.25) is 0 Å². The lowest BCUT2D eigenvalue weighted by molar-refractivity contribution is 0.310. The van der Waals surface area contributed by atoms with Crippen molar-refractivity contribution in [1.29, 1.82) is 0 Å². The molecule has 0 amide bonds. The van der Waals surface area contributed by atoms with E-state index in [0.29, 0.717) is 6.04 Å². The summed E-state index contributed by atoms with van der Waals surface area (Å²) in [7, 11) is 0. The van der Waals surface area contributed by atoms with Gasteiger partial charge in [-0.25, -0.2) is 0 Å². The molecule has 1 fully saturated rings. The highest BCUT2D eigenvalue weighted by molar-refractivity contribution is 5.56. The lowest BCUT2D eigenvalue weighted by Gasteiger charge is -2.20. The van der Waals surface area contributed by atoms with Gasteiger partial charge in [0, 0.05) is 31.4 Å². The molecule has 2 heterocycles. The Labute approximate surface area is 104 Å². The Morgan fingerprint density at radius 3 is 2.59 bits per heavy atom. The van der Waals surface area contributed by atoms with Gasteiger partial charge in [-0.2, -0.15) is 0 Å². The number of nitrogens with zero attached hydrogens (tertiary/aromatic N) is 1. The molecule has 2 aliphatic heterocycles. The molecule has 0 aliphatic carbocycles. The quantitative estimate of drug-likeness (QED) is 0.840. The highest BCUT2D eigenvalue weighted by Gasteiger charge is 2.29. The largest absolute Gasteiger partial charge is 0.380 e. The highest BCUT2D eigenvalue weighted by atomic mass is 15.2. The molecule has 0 saturated carbocycles. The molecule has 3 unspecified atom stereocenters. The summed E-state index contributed by atoms with van der Waals surface area (Å²) in [5, 5.41) is 3.65. The van der Waals surface area contributed by atoms with Gasteiger partial charge in [-0.15, -0.1) is 0 Å². The van der Waals surface area contributed by atoms with E-state index in [4.69, 9.17) is 0 Å². The second-order valence-corrected chi connectivity index (χ2v) is 5.88. The van der Waals surface area contributed by atoms with Crippen LogP contribution in [0.3, 0.4) is 0 Å². The minimum atomic E-state index is 0.616. The zero-order valence-electron chi connectivity index (χ0n) is 10.8. The molecular formula is C15H22N2. The number of fused-ring (bicyclic) bond motifs is 1. The van der Waals surface area contributed by atoms with Crippen molar-refractivity contribution in [2.45, 2.75) is 26.3 Å². The molecule has 1 aromatic rings. The fourth-order valence-electron chi connectivity index (χ4n) is 3.20. The van der Waals surface area contributed by atoms with Crippen LogP contribution in [-0.2, 0) is 6.42 Å². The zero-order chi connectivity index (χ0) is 11.8. The number of rotatable bonds is 2. The molecule has 92 valence electrons. The van der Waals surface area contributed by atoms with E-state index in [0.717, 1.165) is 11.8 Å². The monoisotopic (exact) mass is 230 g/mol. The Morgan fingerprint density at radius 1 is 1.18 bits per heavy atom. The maximum atomic E-state index is 3.65. The first-order chi connectivity index (χ1) is 8.22. The molecule has 3 rings (SSSR count). The SMILES string of the molecule is CC1CN(CC2Cc3ccccc3N2)CC1C. The molecule has 0 aromatic heterocycles. The van der Waals surface area contributed by atoms with Crippen LogP contribution in [0.5, 0.6) is 0 Å². The van der Waals surface area contributed by atoms with Crippen LogP contribution in [0.15, 0.2) is 24.3 Å². The molecule has 3 atom stereocenters. The fourth-order valence-corrected chi connectivity index (χ4v) is 3.20. The number of benzene rings is 1. The summed E-state index contributed by atoms with van der Waals surface area (Å²) < 4.78 is 0. The standard InChI is InChI=1S/C15H22N2/c1-11-8-17(9-12(11)2)10-14-7-13-5-3-4-6-15(13)16-14/h3-6,11-12,14,16H,7-10H2,1-2H3. The van der Waals surface area contributed by atoms with Crippen LogP contribution in [-0.4, -0.2) is 30.6 Å². The lowest BCUT2D eigenvalue weighted by atomic mass is 10.0. The number of hydrogen-bond donors (Lipinski definition) is 1. The molecule has 1 aromatic carbocycles. The second-order valence-electron chi connectivity index (χ2n) is 5.88. The first-order valence-electron chi connectivity index (χ1n) is 6.79. The molecule has 17 heavy (non-hydrogen) atoms. The van der Waals surface area contributed by atoms with Gasteiger partial charge >= 0.3 is 0 Å². The van der Waals surface area contributed by atoms with Crippen molar-refractivity contribution >= 4 is 5.69 Å². The van der Waals surface area contributed by atoms with E-state index in [1.807, 2.05) is 0 Å². The summed E-state index contributed by atoms with van der Waals surface area (Å²) in [6.45, 7) is 8.50. The van der Waals surface area contributed by atoms with E-state index < -0.39 is 0 Å². The van der Waals surface area contributed by atoms with E-state index in [2.05, 4.69) is 48.3 Å². The predicted molar refractivity (Wildman–Crippen MR) is 72.3 cm³/mol. The number of anilines is 1. The lowest BCUT2D eigenvalue weighted by Crippen LogP contribution is -2.34. The molecule has 2 heteroatoms. The van der Waals surface area contributed by atoms with Crippen LogP contribution in [0, 0.1) is 11.8 Å². The zero-order valence-corrected chi connectivity index (χ0v) is 10.8. The minimum absolute atomic E-state index is 0.616. The Morgan fingerprint density at radius 2 is 1.88 bits per heavy atom. The van der Waals surface area contributed by atoms with Crippen LogP contribution >= 0.6 is 0 Å². The topological polar surface area (TPSA) is 15.3 Å². The molecule has 2 aliphatic rings. The number of hydrogen-bond acceptors (Lipinski definition) is 2. The summed E-state index contributed by atoms with van der Waals surface area (Å²) in [5.74, 6) is 1.72. The third kappa shape index (κ3) is 2.19. The summed E-state index contributed by atoms with van der Waals surface area (Å²) in [5.41, 5.74) is 2.83. The van der Waals surface area contributed by atoms with Crippen LogP contribution in [0.25, 0.3) is 0 Å². The smallest absolute Gasteiger partial charge is 0.0429 e. The fraction of sp³-hybridized carbons (Fsp3) is 0.600. The van der Waals surface area contributed by atoms with Crippen molar-refractivity contribution in [3.05, 3.63) is 29.8 Å². The third-order valence-electron chi connectivity index (χ3n) is 4.39. The average Bonchev–Trinajstić information content (AvgIpc) is 2.83. The van der Waals surface area contributed by atoms with Crippen LogP contribution < -0.4 is 5.32 Å². The van der Waals surface area contributed by atoms with E-state index in [9.17, 15) is 0 Å². The summed E-state index contributed by atoms with van der Waals surface area (Å²) in [4.78, 5) is 2.62. The minimum Gasteiger partial charge on any atom is -0.380 e. The second kappa shape index (κ2) is 4.34.